The van der Waals surface area contributed by atoms with Gasteiger partial charge in [-0.05, 0) is 49.4 Å². The molecule has 3 heterocycles. The molecule has 3 atom stereocenters. The molecular formula is C29H47F3N4O3S2. The van der Waals surface area contributed by atoms with Crippen LogP contribution in [0.2, 0.25) is 0 Å². The van der Waals surface area contributed by atoms with Crippen LogP contribution in [0, 0.1) is 11.8 Å². The lowest BCUT2D eigenvalue weighted by Gasteiger charge is -2.40. The first-order valence-corrected chi connectivity index (χ1v) is 15.4. The van der Waals surface area contributed by atoms with Crippen molar-refractivity contribution < 1.29 is 26.4 Å². The highest BCUT2D eigenvalue weighted by Gasteiger charge is 2.45. The van der Waals surface area contributed by atoms with Gasteiger partial charge in [0.15, 0.2) is 15.0 Å². The van der Waals surface area contributed by atoms with E-state index in [4.69, 9.17) is 4.98 Å². The van der Waals surface area contributed by atoms with Gasteiger partial charge in [-0.25, -0.2) is 13.4 Å². The molecule has 2 aliphatic heterocycles. The maximum atomic E-state index is 13.2. The summed E-state index contributed by atoms with van der Waals surface area (Å²) in [5.74, 6) is 0.203. The van der Waals surface area contributed by atoms with E-state index in [1.54, 1.807) is 26.1 Å². The van der Waals surface area contributed by atoms with Gasteiger partial charge in [0.05, 0.1) is 28.8 Å². The predicted molar refractivity (Wildman–Crippen MR) is 162 cm³/mol. The van der Waals surface area contributed by atoms with E-state index in [1.807, 2.05) is 0 Å². The molecule has 4 rings (SSSR count). The molecule has 2 aromatic rings. The van der Waals surface area contributed by atoms with Crippen molar-refractivity contribution in [2.45, 2.75) is 92.0 Å². The summed E-state index contributed by atoms with van der Waals surface area (Å²) in [7, 11) is -1.73. The number of thiazole rings is 1. The van der Waals surface area contributed by atoms with Crippen LogP contribution >= 0.6 is 11.3 Å². The lowest BCUT2D eigenvalue weighted by atomic mass is 9.91. The zero-order chi connectivity index (χ0) is 27.8. The number of aromatic nitrogens is 1. The van der Waals surface area contributed by atoms with Gasteiger partial charge in [-0.3, -0.25) is 14.6 Å². The summed E-state index contributed by atoms with van der Waals surface area (Å²) in [5, 5.41) is 3.40. The molecule has 0 unspecified atom stereocenters. The number of nitrogens with zero attached hydrogens (tertiary/aromatic N) is 3. The van der Waals surface area contributed by atoms with Gasteiger partial charge >= 0.3 is 6.18 Å². The Kier molecular flexibility index (Phi) is 13.0. The van der Waals surface area contributed by atoms with Gasteiger partial charge in [0.2, 0.25) is 5.91 Å². The molecule has 2 aliphatic rings. The van der Waals surface area contributed by atoms with Crippen molar-refractivity contribution in [2.75, 3.05) is 31.2 Å². The lowest BCUT2D eigenvalue weighted by molar-refractivity contribution is -0.191. The first-order chi connectivity index (χ1) is 17.8. The number of halogens is 3. The smallest absolute Gasteiger partial charge is 0.302 e. The van der Waals surface area contributed by atoms with Gasteiger partial charge in [-0.2, -0.15) is 13.2 Å². The van der Waals surface area contributed by atoms with Gasteiger partial charge in [-0.1, -0.05) is 55.2 Å². The number of sulfone groups is 1. The fourth-order valence-electron chi connectivity index (χ4n) is 5.60. The van der Waals surface area contributed by atoms with Crippen molar-refractivity contribution in [3.05, 3.63) is 40.4 Å². The molecule has 1 N–H and O–H groups in total. The van der Waals surface area contributed by atoms with Crippen LogP contribution in [-0.2, 0) is 27.6 Å². The topological polar surface area (TPSA) is 82.6 Å². The fourth-order valence-corrected chi connectivity index (χ4v) is 7.52. The van der Waals surface area contributed by atoms with Crippen molar-refractivity contribution in [1.29, 1.82) is 0 Å². The number of rotatable bonds is 8. The standard InChI is InChI=1S/C26H35F3N4O3S2.3CH4/c1-5-38(35,36)19-9-6-17(7-10-19)12-22(34)30-25-31-23-20(37-25)15-33(24(23)16(2)3)14-18-8-11-21(26(27,28)29)32(4)13-18;;;/h6-7,9-10,16,18,21,24H,5,8,11-15H2,1-4H3,(H,30,31,34);3*1H4/t18-,21-,24-;;;/m0.../s1. The van der Waals surface area contributed by atoms with Crippen molar-refractivity contribution in [2.24, 2.45) is 11.8 Å². The molecule has 12 heteroatoms. The van der Waals surface area contributed by atoms with Crippen LogP contribution < -0.4 is 5.32 Å². The summed E-state index contributed by atoms with van der Waals surface area (Å²) >= 11 is 1.44. The first kappa shape index (κ1) is 37.0. The average Bonchev–Trinajstić information content (AvgIpc) is 3.34. The molecule has 1 aromatic carbocycles. The number of carbonyl (C=O) groups excluding carboxylic acids is 1. The molecule has 1 saturated heterocycles. The molecule has 0 aliphatic carbocycles. The number of piperidine rings is 1. The number of hydrogen-bond donors (Lipinski definition) is 1. The summed E-state index contributed by atoms with van der Waals surface area (Å²) in [5.41, 5.74) is 1.64. The Balaban J connectivity index is 0.00000280. The molecule has 1 fully saturated rings. The number of hydrogen-bond acceptors (Lipinski definition) is 7. The molecular weight excluding hydrogens is 573 g/mol. The van der Waals surface area contributed by atoms with Gasteiger partial charge in [0, 0.05) is 24.5 Å². The Labute approximate surface area is 248 Å². The van der Waals surface area contributed by atoms with Crippen LogP contribution in [0.4, 0.5) is 18.3 Å². The molecule has 1 aromatic heterocycles. The number of carbonyl (C=O) groups is 1. The summed E-state index contributed by atoms with van der Waals surface area (Å²) in [6.07, 6.45) is -3.42. The van der Waals surface area contributed by atoms with E-state index in [0.717, 1.165) is 10.6 Å². The number of benzene rings is 1. The van der Waals surface area contributed by atoms with Crippen LogP contribution in [-0.4, -0.2) is 67.2 Å². The van der Waals surface area contributed by atoms with Crippen molar-refractivity contribution in [3.8, 4) is 0 Å². The third-order valence-electron chi connectivity index (χ3n) is 7.45. The summed E-state index contributed by atoms with van der Waals surface area (Å²) in [4.78, 5) is 22.5. The minimum atomic E-state index is -4.19. The first-order valence-electron chi connectivity index (χ1n) is 12.9. The van der Waals surface area contributed by atoms with Crippen molar-refractivity contribution >= 4 is 32.2 Å². The van der Waals surface area contributed by atoms with Crippen molar-refractivity contribution in [3.63, 3.8) is 0 Å². The van der Waals surface area contributed by atoms with Crippen LogP contribution in [0.1, 0.15) is 78.1 Å². The normalized spacial score (nSPS) is 21.4. The molecule has 1 amide bonds. The third kappa shape index (κ3) is 8.52. The average molecular weight is 621 g/mol. The Morgan fingerprint density at radius 1 is 1.15 bits per heavy atom. The molecule has 0 radical (unpaired) electrons. The Morgan fingerprint density at radius 3 is 2.32 bits per heavy atom. The molecule has 0 bridgehead atoms. The Hall–Kier alpha value is -2.02. The van der Waals surface area contributed by atoms with E-state index < -0.39 is 22.1 Å². The second kappa shape index (κ2) is 14.4. The lowest BCUT2D eigenvalue weighted by Crippen LogP contribution is -2.50. The second-order valence-electron chi connectivity index (χ2n) is 10.7. The van der Waals surface area contributed by atoms with Crippen LogP contribution in [0.25, 0.3) is 0 Å². The second-order valence-corrected chi connectivity index (χ2v) is 14.0. The molecule has 7 nitrogen and oxygen atoms in total. The van der Waals surface area contributed by atoms with Gasteiger partial charge in [0.1, 0.15) is 6.04 Å². The highest BCUT2D eigenvalue weighted by Crippen LogP contribution is 2.43. The minimum Gasteiger partial charge on any atom is -0.302 e. The van der Waals surface area contributed by atoms with Gasteiger partial charge in [-0.15, -0.1) is 11.3 Å². The molecule has 41 heavy (non-hydrogen) atoms. The zero-order valence-corrected chi connectivity index (χ0v) is 23.7. The number of nitrogens with one attached hydrogen (secondary N) is 1. The van der Waals surface area contributed by atoms with E-state index >= 15 is 0 Å². The monoisotopic (exact) mass is 620 g/mol. The number of fused-ring (bicyclic) bond motifs is 1. The maximum absolute atomic E-state index is 13.2. The number of amides is 1. The van der Waals surface area contributed by atoms with E-state index in [9.17, 15) is 26.4 Å². The SMILES string of the molecule is C.C.C.CCS(=O)(=O)c1ccc(CC(=O)Nc2nc3c(s2)CN(C[C@H]2CC[C@@H](C(F)(F)F)N(C)C2)[C@H]3C(C)C)cc1. The van der Waals surface area contributed by atoms with E-state index in [1.165, 1.54) is 28.4 Å². The van der Waals surface area contributed by atoms with Gasteiger partial charge in [0.25, 0.3) is 0 Å². The van der Waals surface area contributed by atoms with Gasteiger partial charge < -0.3 is 5.32 Å². The molecule has 234 valence electrons. The highest BCUT2D eigenvalue weighted by atomic mass is 32.2. The van der Waals surface area contributed by atoms with Crippen LogP contribution in [0.3, 0.4) is 0 Å². The van der Waals surface area contributed by atoms with E-state index in [0.29, 0.717) is 36.8 Å². The van der Waals surface area contributed by atoms with E-state index in [-0.39, 0.29) is 69.6 Å². The third-order valence-corrected chi connectivity index (χ3v) is 10.2. The summed E-state index contributed by atoms with van der Waals surface area (Å²) in [6, 6.07) is 5.02. The maximum Gasteiger partial charge on any atom is 0.404 e. The van der Waals surface area contributed by atoms with Crippen molar-refractivity contribution in [1.82, 2.24) is 14.8 Å². The summed E-state index contributed by atoms with van der Waals surface area (Å²) in [6.45, 7) is 7.61. The Bertz CT molecular complexity index is 1250. The zero-order valence-electron chi connectivity index (χ0n) is 22.1. The summed E-state index contributed by atoms with van der Waals surface area (Å²) < 4.78 is 63.7. The quantitative estimate of drug-likeness (QED) is 0.349. The number of alkyl halides is 3. The fraction of sp³-hybridized carbons (Fsp3) is 0.655. The van der Waals surface area contributed by atoms with E-state index in [2.05, 4.69) is 24.1 Å². The number of anilines is 1. The van der Waals surface area contributed by atoms with Crippen LogP contribution in [0.15, 0.2) is 29.2 Å². The largest absolute Gasteiger partial charge is 0.404 e. The Morgan fingerprint density at radius 2 is 1.78 bits per heavy atom. The highest BCUT2D eigenvalue weighted by molar-refractivity contribution is 7.91. The molecule has 0 spiro atoms. The van der Waals surface area contributed by atoms with Crippen LogP contribution in [0.5, 0.6) is 0 Å². The predicted octanol–water partition coefficient (Wildman–Crippen LogP) is 6.81. The molecule has 0 saturated carbocycles. The number of likely N-dealkylation sites (tertiary alicyclic amines) is 1. The minimum absolute atomic E-state index is 0.